The minimum atomic E-state index is -0.169. The molecule has 81 valence electrons. The number of rotatable bonds is 4. The third-order valence-corrected chi connectivity index (χ3v) is 2.22. The fourth-order valence-corrected chi connectivity index (χ4v) is 1.30. The molecule has 0 atom stereocenters. The maximum absolute atomic E-state index is 11.3. The van der Waals surface area contributed by atoms with Crippen LogP contribution < -0.4 is 0 Å². The van der Waals surface area contributed by atoms with E-state index in [0.29, 0.717) is 11.4 Å². The van der Waals surface area contributed by atoms with Crippen LogP contribution in [0.1, 0.15) is 5.56 Å². The summed E-state index contributed by atoms with van der Waals surface area (Å²) in [4.78, 5) is 16.1. The molecule has 15 heavy (non-hydrogen) atoms. The minimum absolute atomic E-state index is 0.169. The summed E-state index contributed by atoms with van der Waals surface area (Å²) in [5, 5.41) is 1.85. The fourth-order valence-electron chi connectivity index (χ4n) is 1.09. The van der Waals surface area contributed by atoms with Crippen LogP contribution in [-0.4, -0.2) is 25.1 Å². The molecule has 0 spiro atoms. The van der Waals surface area contributed by atoms with E-state index in [1.54, 1.807) is 19.5 Å². The van der Waals surface area contributed by atoms with Crippen LogP contribution in [-0.2, 0) is 16.1 Å². The molecule has 1 radical (unpaired) electrons. The van der Waals surface area contributed by atoms with Crippen molar-refractivity contribution in [3.05, 3.63) is 41.3 Å². The second-order valence-corrected chi connectivity index (χ2v) is 3.49. The van der Waals surface area contributed by atoms with E-state index in [2.05, 4.69) is 0 Å². The van der Waals surface area contributed by atoms with E-state index in [1.807, 2.05) is 18.2 Å². The Balaban J connectivity index is 2.47. The maximum atomic E-state index is 11.3. The van der Waals surface area contributed by atoms with Crippen LogP contribution in [0, 0.1) is 6.42 Å². The van der Waals surface area contributed by atoms with Crippen molar-refractivity contribution in [3.8, 4) is 0 Å². The number of halogens is 1. The third kappa shape index (κ3) is 3.90. The largest absolute Gasteiger partial charge is 0.275 e. The van der Waals surface area contributed by atoms with Gasteiger partial charge in [0.25, 0.3) is 0 Å². The van der Waals surface area contributed by atoms with Gasteiger partial charge in [-0.05, 0) is 24.1 Å². The molecule has 0 aliphatic heterocycles. The van der Waals surface area contributed by atoms with Gasteiger partial charge in [-0.3, -0.25) is 9.63 Å². The van der Waals surface area contributed by atoms with Crippen molar-refractivity contribution in [3.63, 3.8) is 0 Å². The zero-order valence-corrected chi connectivity index (χ0v) is 9.49. The first-order valence-electron chi connectivity index (χ1n) is 4.53. The van der Waals surface area contributed by atoms with Crippen molar-refractivity contribution in [2.45, 2.75) is 6.42 Å². The van der Waals surface area contributed by atoms with Crippen molar-refractivity contribution in [2.24, 2.45) is 0 Å². The third-order valence-electron chi connectivity index (χ3n) is 1.99. The summed E-state index contributed by atoms with van der Waals surface area (Å²) in [5.74, 6) is -0.169. The second-order valence-electron chi connectivity index (χ2n) is 3.06. The number of nitrogens with zero attached hydrogens (tertiary/aromatic N) is 1. The molecule has 1 aromatic rings. The molecule has 0 aromatic heterocycles. The molecule has 1 amide bonds. The predicted molar refractivity (Wildman–Crippen MR) is 59.2 cm³/mol. The van der Waals surface area contributed by atoms with E-state index < -0.39 is 0 Å². The zero-order valence-electron chi connectivity index (χ0n) is 8.74. The number of carbonyl (C=O) groups is 1. The van der Waals surface area contributed by atoms with Gasteiger partial charge in [0.2, 0.25) is 5.91 Å². The van der Waals surface area contributed by atoms with Crippen LogP contribution in [0.3, 0.4) is 0 Å². The number of hydrogen-bond donors (Lipinski definition) is 0. The average molecular weight is 227 g/mol. The molecule has 0 unspecified atom stereocenters. The van der Waals surface area contributed by atoms with E-state index in [-0.39, 0.29) is 5.91 Å². The number of hydroxylamine groups is 2. The van der Waals surface area contributed by atoms with Gasteiger partial charge < -0.3 is 0 Å². The summed E-state index contributed by atoms with van der Waals surface area (Å²) < 4.78 is 0. The van der Waals surface area contributed by atoms with Crippen molar-refractivity contribution in [1.29, 1.82) is 0 Å². The van der Waals surface area contributed by atoms with Gasteiger partial charge in [-0.25, -0.2) is 5.06 Å². The highest BCUT2D eigenvalue weighted by Gasteiger charge is 2.08. The van der Waals surface area contributed by atoms with E-state index in [9.17, 15) is 4.79 Å². The van der Waals surface area contributed by atoms with E-state index in [4.69, 9.17) is 16.4 Å². The molecule has 0 aliphatic rings. The Hall–Kier alpha value is -1.06. The monoisotopic (exact) mass is 226 g/mol. The minimum Gasteiger partial charge on any atom is -0.275 e. The number of carbonyl (C=O) groups excluding carboxylic acids is 1. The van der Waals surface area contributed by atoms with Crippen LogP contribution in [0.5, 0.6) is 0 Å². The van der Waals surface area contributed by atoms with Gasteiger partial charge in [-0.1, -0.05) is 23.7 Å². The Bertz CT molecular complexity index is 341. The quantitative estimate of drug-likeness (QED) is 0.736. The SMILES string of the molecule is CON(C)C(=O)[CH]Cc1cccc(Cl)c1. The van der Waals surface area contributed by atoms with Gasteiger partial charge in [0.15, 0.2) is 0 Å². The van der Waals surface area contributed by atoms with Gasteiger partial charge >= 0.3 is 0 Å². The first-order chi connectivity index (χ1) is 7.13. The molecule has 1 aromatic carbocycles. The molecule has 0 heterocycles. The summed E-state index contributed by atoms with van der Waals surface area (Å²) in [6.07, 6.45) is 2.10. The fraction of sp³-hybridized carbons (Fsp3) is 0.273. The Morgan fingerprint density at radius 1 is 1.60 bits per heavy atom. The molecule has 0 saturated carbocycles. The lowest BCUT2D eigenvalue weighted by Gasteiger charge is -2.12. The highest BCUT2D eigenvalue weighted by atomic mass is 35.5. The zero-order chi connectivity index (χ0) is 11.3. The summed E-state index contributed by atoms with van der Waals surface area (Å²) in [5.41, 5.74) is 1.00. The highest BCUT2D eigenvalue weighted by molar-refractivity contribution is 6.30. The van der Waals surface area contributed by atoms with Crippen LogP contribution in [0.25, 0.3) is 0 Å². The molecule has 0 bridgehead atoms. The standard InChI is InChI=1S/C11H13ClNO2/c1-13(15-2)11(14)7-6-9-4-3-5-10(12)8-9/h3-5,7-8H,6H2,1-2H3. The molecule has 1 rings (SSSR count). The van der Waals surface area contributed by atoms with Crippen LogP contribution >= 0.6 is 11.6 Å². The van der Waals surface area contributed by atoms with Crippen LogP contribution in [0.4, 0.5) is 0 Å². The van der Waals surface area contributed by atoms with E-state index >= 15 is 0 Å². The molecular formula is C11H13ClNO2. The molecule has 4 heteroatoms. The van der Waals surface area contributed by atoms with Crippen molar-refractivity contribution >= 4 is 17.5 Å². The highest BCUT2D eigenvalue weighted by Crippen LogP contribution is 2.12. The lowest BCUT2D eigenvalue weighted by atomic mass is 10.1. The first kappa shape index (κ1) is 12.0. The summed E-state index contributed by atoms with van der Waals surface area (Å²) in [6, 6.07) is 7.41. The molecule has 0 N–H and O–H groups in total. The average Bonchev–Trinajstić information content (AvgIpc) is 2.25. The van der Waals surface area contributed by atoms with E-state index in [0.717, 1.165) is 5.56 Å². The number of amides is 1. The van der Waals surface area contributed by atoms with Crippen LogP contribution in [0.2, 0.25) is 5.02 Å². The maximum Gasteiger partial charge on any atom is 0.250 e. The van der Waals surface area contributed by atoms with Crippen molar-refractivity contribution in [1.82, 2.24) is 5.06 Å². The summed E-state index contributed by atoms with van der Waals surface area (Å²) in [7, 11) is 3.02. The van der Waals surface area contributed by atoms with Gasteiger partial charge in [0.05, 0.1) is 13.5 Å². The molecule has 3 nitrogen and oxygen atoms in total. The lowest BCUT2D eigenvalue weighted by molar-refractivity contribution is -0.164. The van der Waals surface area contributed by atoms with Gasteiger partial charge in [0, 0.05) is 12.1 Å². The molecular weight excluding hydrogens is 214 g/mol. The number of hydrogen-bond acceptors (Lipinski definition) is 2. The van der Waals surface area contributed by atoms with Gasteiger partial charge in [-0.2, -0.15) is 0 Å². The molecule has 0 saturated heterocycles. The Morgan fingerprint density at radius 3 is 2.93 bits per heavy atom. The lowest BCUT2D eigenvalue weighted by Crippen LogP contribution is -2.26. The number of benzene rings is 1. The normalized spacial score (nSPS) is 10.1. The Labute approximate surface area is 94.5 Å². The van der Waals surface area contributed by atoms with E-state index in [1.165, 1.54) is 12.2 Å². The van der Waals surface area contributed by atoms with Gasteiger partial charge in [0.1, 0.15) is 0 Å². The van der Waals surface area contributed by atoms with Gasteiger partial charge in [-0.15, -0.1) is 0 Å². The smallest absolute Gasteiger partial charge is 0.250 e. The molecule has 0 fully saturated rings. The predicted octanol–water partition coefficient (Wildman–Crippen LogP) is 2.11. The first-order valence-corrected chi connectivity index (χ1v) is 4.90. The Kier molecular flexibility index (Phi) is 4.59. The van der Waals surface area contributed by atoms with Crippen molar-refractivity contribution in [2.75, 3.05) is 14.2 Å². The summed E-state index contributed by atoms with van der Waals surface area (Å²) >= 11 is 5.82. The summed E-state index contributed by atoms with van der Waals surface area (Å²) in [6.45, 7) is 0. The molecule has 0 aliphatic carbocycles. The van der Waals surface area contributed by atoms with Crippen LogP contribution in [0.15, 0.2) is 24.3 Å². The second kappa shape index (κ2) is 5.73. The topological polar surface area (TPSA) is 29.5 Å². The van der Waals surface area contributed by atoms with Crippen molar-refractivity contribution < 1.29 is 9.63 Å². The Morgan fingerprint density at radius 2 is 2.33 bits per heavy atom.